The van der Waals surface area contributed by atoms with Crippen LogP contribution in [0.15, 0.2) is 18.2 Å². The quantitative estimate of drug-likeness (QED) is 0.636. The summed E-state index contributed by atoms with van der Waals surface area (Å²) in [6.07, 6.45) is 5.51. The molecule has 0 spiro atoms. The van der Waals surface area contributed by atoms with E-state index in [9.17, 15) is 8.78 Å². The Balaban J connectivity index is 2.26. The van der Waals surface area contributed by atoms with Crippen molar-refractivity contribution in [1.29, 1.82) is 0 Å². The number of benzene rings is 1. The van der Waals surface area contributed by atoms with Gasteiger partial charge in [-0.1, -0.05) is 31.4 Å². The van der Waals surface area contributed by atoms with Gasteiger partial charge >= 0.3 is 0 Å². The smallest absolute Gasteiger partial charge is 0.162 e. The highest BCUT2D eigenvalue weighted by molar-refractivity contribution is 5.23. The van der Waals surface area contributed by atoms with Gasteiger partial charge in [0.15, 0.2) is 11.6 Å². The minimum absolute atomic E-state index is 0.236. The molecule has 2 rings (SSSR count). The predicted molar refractivity (Wildman–Crippen MR) is 52.2 cm³/mol. The van der Waals surface area contributed by atoms with Gasteiger partial charge in [0, 0.05) is 0 Å². The minimum atomic E-state index is -0.715. The van der Waals surface area contributed by atoms with Crippen LogP contribution in [0.2, 0.25) is 0 Å². The van der Waals surface area contributed by atoms with Gasteiger partial charge in [-0.3, -0.25) is 0 Å². The van der Waals surface area contributed by atoms with Crippen LogP contribution in [-0.4, -0.2) is 0 Å². The number of hydrogen-bond donors (Lipinski definition) is 0. The van der Waals surface area contributed by atoms with Crippen LogP contribution in [0.4, 0.5) is 8.78 Å². The van der Waals surface area contributed by atoms with E-state index in [-0.39, 0.29) is 5.92 Å². The third-order valence-corrected chi connectivity index (χ3v) is 3.03. The van der Waals surface area contributed by atoms with E-state index in [0.29, 0.717) is 5.56 Å². The Hall–Kier alpha value is -0.920. The summed E-state index contributed by atoms with van der Waals surface area (Å²) in [7, 11) is 0. The summed E-state index contributed by atoms with van der Waals surface area (Å²) in [5, 5.41) is 0. The molecule has 76 valence electrons. The van der Waals surface area contributed by atoms with Crippen LogP contribution in [0.25, 0.3) is 0 Å². The van der Waals surface area contributed by atoms with Crippen LogP contribution >= 0.6 is 0 Å². The zero-order chi connectivity index (χ0) is 9.97. The predicted octanol–water partition coefficient (Wildman–Crippen LogP) is 4.01. The van der Waals surface area contributed by atoms with Crippen molar-refractivity contribution in [2.75, 3.05) is 0 Å². The normalized spacial score (nSPS) is 18.4. The van der Waals surface area contributed by atoms with Gasteiger partial charge in [0.1, 0.15) is 0 Å². The fraction of sp³-hybridized carbons (Fsp3) is 0.500. The van der Waals surface area contributed by atoms with Gasteiger partial charge in [-0.25, -0.2) is 8.78 Å². The van der Waals surface area contributed by atoms with E-state index in [1.807, 2.05) is 0 Å². The SMILES string of the molecule is Fc1cccc(C2CCCCC2)c1F. The topological polar surface area (TPSA) is 0 Å². The first-order valence-corrected chi connectivity index (χ1v) is 5.23. The Kier molecular flexibility index (Phi) is 2.80. The van der Waals surface area contributed by atoms with E-state index >= 15 is 0 Å². The van der Waals surface area contributed by atoms with E-state index in [1.165, 1.54) is 12.5 Å². The van der Waals surface area contributed by atoms with Crippen LogP contribution in [0.5, 0.6) is 0 Å². The first-order valence-electron chi connectivity index (χ1n) is 5.23. The van der Waals surface area contributed by atoms with Crippen molar-refractivity contribution in [2.45, 2.75) is 38.0 Å². The van der Waals surface area contributed by atoms with Crippen molar-refractivity contribution >= 4 is 0 Å². The lowest BCUT2D eigenvalue weighted by Gasteiger charge is -2.22. The van der Waals surface area contributed by atoms with Crippen molar-refractivity contribution in [3.8, 4) is 0 Å². The Morgan fingerprint density at radius 2 is 1.71 bits per heavy atom. The molecule has 1 aliphatic rings. The molecule has 1 aliphatic carbocycles. The second kappa shape index (κ2) is 4.07. The number of hydrogen-bond acceptors (Lipinski definition) is 0. The van der Waals surface area contributed by atoms with Gasteiger partial charge in [0.2, 0.25) is 0 Å². The third-order valence-electron chi connectivity index (χ3n) is 3.03. The molecule has 0 unspecified atom stereocenters. The fourth-order valence-electron chi connectivity index (χ4n) is 2.25. The molecular weight excluding hydrogens is 182 g/mol. The molecule has 0 radical (unpaired) electrons. The molecule has 2 heteroatoms. The Labute approximate surface area is 82.9 Å². The number of halogens is 2. The molecule has 0 aromatic heterocycles. The van der Waals surface area contributed by atoms with Crippen LogP contribution in [-0.2, 0) is 0 Å². The molecule has 0 atom stereocenters. The molecule has 0 amide bonds. The maximum atomic E-state index is 13.4. The molecule has 0 heterocycles. The Morgan fingerprint density at radius 3 is 2.43 bits per heavy atom. The molecule has 1 saturated carbocycles. The monoisotopic (exact) mass is 196 g/mol. The largest absolute Gasteiger partial charge is 0.204 e. The average molecular weight is 196 g/mol. The fourth-order valence-corrected chi connectivity index (χ4v) is 2.25. The lowest BCUT2D eigenvalue weighted by molar-refractivity contribution is 0.417. The second-order valence-electron chi connectivity index (χ2n) is 3.98. The highest BCUT2D eigenvalue weighted by Crippen LogP contribution is 2.34. The van der Waals surface area contributed by atoms with Crippen LogP contribution in [0.3, 0.4) is 0 Å². The highest BCUT2D eigenvalue weighted by Gasteiger charge is 2.20. The minimum Gasteiger partial charge on any atom is -0.204 e. The molecule has 14 heavy (non-hydrogen) atoms. The lowest BCUT2D eigenvalue weighted by atomic mass is 9.84. The van der Waals surface area contributed by atoms with E-state index in [0.717, 1.165) is 25.7 Å². The van der Waals surface area contributed by atoms with Crippen molar-refractivity contribution < 1.29 is 8.78 Å². The molecule has 0 N–H and O–H groups in total. The molecule has 1 fully saturated rings. The van der Waals surface area contributed by atoms with E-state index < -0.39 is 11.6 Å². The van der Waals surface area contributed by atoms with Crippen LogP contribution in [0.1, 0.15) is 43.6 Å². The van der Waals surface area contributed by atoms with E-state index in [4.69, 9.17) is 0 Å². The molecular formula is C12H14F2. The van der Waals surface area contributed by atoms with Gasteiger partial charge in [0.25, 0.3) is 0 Å². The molecule has 1 aromatic carbocycles. The maximum Gasteiger partial charge on any atom is 0.162 e. The summed E-state index contributed by atoms with van der Waals surface area (Å²) < 4.78 is 26.4. The lowest BCUT2D eigenvalue weighted by Crippen LogP contribution is -2.07. The molecule has 0 bridgehead atoms. The maximum absolute atomic E-state index is 13.4. The summed E-state index contributed by atoms with van der Waals surface area (Å²) >= 11 is 0. The van der Waals surface area contributed by atoms with Crippen molar-refractivity contribution in [3.63, 3.8) is 0 Å². The Bertz CT molecular complexity index is 314. The zero-order valence-corrected chi connectivity index (χ0v) is 8.10. The summed E-state index contributed by atoms with van der Waals surface area (Å²) in [4.78, 5) is 0. The second-order valence-corrected chi connectivity index (χ2v) is 3.98. The summed E-state index contributed by atoms with van der Waals surface area (Å²) in [5.74, 6) is -1.12. The Morgan fingerprint density at radius 1 is 1.00 bits per heavy atom. The van der Waals surface area contributed by atoms with Gasteiger partial charge in [-0.05, 0) is 30.4 Å². The van der Waals surface area contributed by atoms with Gasteiger partial charge < -0.3 is 0 Å². The van der Waals surface area contributed by atoms with Crippen molar-refractivity contribution in [1.82, 2.24) is 0 Å². The van der Waals surface area contributed by atoms with E-state index in [2.05, 4.69) is 0 Å². The van der Waals surface area contributed by atoms with E-state index in [1.54, 1.807) is 12.1 Å². The molecule has 0 aliphatic heterocycles. The third kappa shape index (κ3) is 1.79. The molecule has 1 aromatic rings. The van der Waals surface area contributed by atoms with Crippen molar-refractivity contribution in [3.05, 3.63) is 35.4 Å². The van der Waals surface area contributed by atoms with Gasteiger partial charge in [-0.15, -0.1) is 0 Å². The average Bonchev–Trinajstić information content (AvgIpc) is 2.23. The first-order chi connectivity index (χ1) is 6.79. The van der Waals surface area contributed by atoms with Crippen molar-refractivity contribution in [2.24, 2.45) is 0 Å². The standard InChI is InChI=1S/C12H14F2/c13-11-8-4-7-10(12(11)14)9-5-2-1-3-6-9/h4,7-9H,1-3,5-6H2. The summed E-state index contributed by atoms with van der Waals surface area (Å²) in [6.45, 7) is 0. The van der Waals surface area contributed by atoms with Gasteiger partial charge in [0.05, 0.1) is 0 Å². The van der Waals surface area contributed by atoms with Gasteiger partial charge in [-0.2, -0.15) is 0 Å². The highest BCUT2D eigenvalue weighted by atomic mass is 19.2. The number of rotatable bonds is 1. The van der Waals surface area contributed by atoms with Crippen LogP contribution < -0.4 is 0 Å². The zero-order valence-electron chi connectivity index (χ0n) is 8.10. The molecule has 0 saturated heterocycles. The van der Waals surface area contributed by atoms with Crippen LogP contribution in [0, 0.1) is 11.6 Å². The summed E-state index contributed by atoms with van der Waals surface area (Å²) in [6, 6.07) is 4.50. The first kappa shape index (κ1) is 9.63. The summed E-state index contributed by atoms with van der Waals surface area (Å²) in [5.41, 5.74) is 0.574. The molecule has 0 nitrogen and oxygen atoms in total.